The zero-order chi connectivity index (χ0) is 31.3. The van der Waals surface area contributed by atoms with Gasteiger partial charge in [0.25, 0.3) is 6.71 Å². The third-order valence-electron chi connectivity index (χ3n) is 11.9. The van der Waals surface area contributed by atoms with Crippen LogP contribution in [0.5, 0.6) is 0 Å². The van der Waals surface area contributed by atoms with Crippen molar-refractivity contribution in [2.45, 2.75) is 50.5 Å². The van der Waals surface area contributed by atoms with E-state index in [4.69, 9.17) is 4.42 Å². The average Bonchev–Trinajstić information content (AvgIpc) is 3.67. The van der Waals surface area contributed by atoms with Crippen LogP contribution in [0.3, 0.4) is 0 Å². The third-order valence-corrected chi connectivity index (χ3v) is 11.9. The molecule has 1 saturated carbocycles. The maximum atomic E-state index is 6.55. The van der Waals surface area contributed by atoms with Crippen molar-refractivity contribution in [3.05, 3.63) is 139 Å². The normalized spacial score (nSPS) is 21.9. The fraction of sp³-hybridized carbons (Fsp3) is 0.190. The van der Waals surface area contributed by atoms with Crippen molar-refractivity contribution in [1.82, 2.24) is 0 Å². The molecule has 0 amide bonds. The molecular formula is C42H36BN3O. The summed E-state index contributed by atoms with van der Waals surface area (Å²) in [6.07, 6.45) is 6.73. The van der Waals surface area contributed by atoms with Gasteiger partial charge in [0.2, 0.25) is 0 Å². The first-order chi connectivity index (χ1) is 23.1. The molecule has 1 fully saturated rings. The van der Waals surface area contributed by atoms with Gasteiger partial charge in [-0.05, 0) is 96.9 Å². The van der Waals surface area contributed by atoms with E-state index < -0.39 is 0 Å². The van der Waals surface area contributed by atoms with Crippen LogP contribution < -0.4 is 31.3 Å². The second-order valence-corrected chi connectivity index (χ2v) is 14.1. The molecule has 5 aromatic carbocycles. The summed E-state index contributed by atoms with van der Waals surface area (Å²) >= 11 is 0. The molecule has 2 atom stereocenters. The zero-order valence-corrected chi connectivity index (χ0v) is 26.9. The predicted molar refractivity (Wildman–Crippen MR) is 196 cm³/mol. The van der Waals surface area contributed by atoms with Crippen molar-refractivity contribution in [2.24, 2.45) is 0 Å². The maximum Gasteiger partial charge on any atom is 0.297 e. The Bertz CT molecular complexity index is 2160. The predicted octanol–water partition coefficient (Wildman–Crippen LogP) is 9.10. The number of para-hydroxylation sites is 3. The molecule has 0 saturated heterocycles. The first-order valence-corrected chi connectivity index (χ1v) is 17.0. The highest BCUT2D eigenvalue weighted by Gasteiger charge is 2.59. The second-order valence-electron chi connectivity index (χ2n) is 14.1. The molecule has 0 spiro atoms. The summed E-state index contributed by atoms with van der Waals surface area (Å²) < 4.78 is 6.55. The quantitative estimate of drug-likeness (QED) is 0.187. The molecule has 1 aliphatic carbocycles. The molecule has 47 heavy (non-hydrogen) atoms. The molecule has 10 rings (SSSR count). The van der Waals surface area contributed by atoms with Gasteiger partial charge in [-0.2, -0.15) is 0 Å². The standard InChI is InChI=1S/C42H36BN3O/c1-41-24-12-13-25-42(41,2)46(31-19-10-5-11-20-31)37-28-38-33(27-32(37)41)43-39-34(21-14-22-35(39)45(38)30-17-8-4-9-18-30)44(29-15-6-3-7-16-29)36-23-26-47-40(36)43/h3-11,14-23,26-28H,12-13,24-25H2,1-2H3. The van der Waals surface area contributed by atoms with E-state index in [0.29, 0.717) is 0 Å². The van der Waals surface area contributed by atoms with Crippen LogP contribution in [-0.2, 0) is 5.41 Å². The lowest BCUT2D eigenvalue weighted by Gasteiger charge is -2.50. The van der Waals surface area contributed by atoms with Crippen LogP contribution in [0.4, 0.5) is 45.5 Å². The first kappa shape index (κ1) is 27.0. The minimum atomic E-state index is -0.0268. The SMILES string of the molecule is CC12CCCCC1(C)N(c1ccccc1)c1cc3c(cc12)B1c2occc2N(c2ccccc2)c2cccc(c21)N3c1ccccc1. The van der Waals surface area contributed by atoms with Crippen LogP contribution >= 0.6 is 0 Å². The zero-order valence-electron chi connectivity index (χ0n) is 26.9. The van der Waals surface area contributed by atoms with Gasteiger partial charge < -0.3 is 19.1 Å². The summed E-state index contributed by atoms with van der Waals surface area (Å²) in [7, 11) is 0. The average molecular weight is 610 g/mol. The fourth-order valence-corrected chi connectivity index (χ4v) is 9.53. The van der Waals surface area contributed by atoms with Crippen LogP contribution in [0.1, 0.15) is 45.1 Å². The van der Waals surface area contributed by atoms with E-state index >= 15 is 0 Å². The highest BCUT2D eigenvalue weighted by molar-refractivity contribution is 6.99. The van der Waals surface area contributed by atoms with Gasteiger partial charge in [0.15, 0.2) is 0 Å². The molecule has 5 heteroatoms. The summed E-state index contributed by atoms with van der Waals surface area (Å²) in [5.41, 5.74) is 14.7. The maximum absolute atomic E-state index is 6.55. The van der Waals surface area contributed by atoms with E-state index in [9.17, 15) is 0 Å². The fourth-order valence-electron chi connectivity index (χ4n) is 9.53. The highest BCUT2D eigenvalue weighted by atomic mass is 16.3. The number of nitrogens with zero attached hydrogens (tertiary/aromatic N) is 3. The van der Waals surface area contributed by atoms with Crippen LogP contribution in [-0.4, -0.2) is 12.3 Å². The van der Waals surface area contributed by atoms with Gasteiger partial charge in [-0.1, -0.05) is 86.5 Å². The topological polar surface area (TPSA) is 22.9 Å². The summed E-state index contributed by atoms with van der Waals surface area (Å²) in [4.78, 5) is 7.57. The number of benzene rings is 5. The number of furan rings is 1. The lowest BCUT2D eigenvalue weighted by Crippen LogP contribution is -2.61. The van der Waals surface area contributed by atoms with Crippen molar-refractivity contribution in [3.8, 4) is 0 Å². The van der Waals surface area contributed by atoms with Crippen molar-refractivity contribution >= 4 is 68.8 Å². The van der Waals surface area contributed by atoms with E-state index in [-0.39, 0.29) is 17.7 Å². The lowest BCUT2D eigenvalue weighted by atomic mass is 9.35. The van der Waals surface area contributed by atoms with Crippen LogP contribution in [0.15, 0.2) is 138 Å². The Labute approximate surface area is 277 Å². The third kappa shape index (κ3) is 3.49. The summed E-state index contributed by atoms with van der Waals surface area (Å²) in [6.45, 7) is 5.03. The Kier molecular flexibility index (Phi) is 5.56. The molecule has 6 aromatic rings. The number of anilines is 8. The molecule has 4 aliphatic rings. The van der Waals surface area contributed by atoms with Gasteiger partial charge in [-0.15, -0.1) is 0 Å². The minimum Gasteiger partial charge on any atom is -0.476 e. The number of fused-ring (bicyclic) bond motifs is 7. The highest BCUT2D eigenvalue weighted by Crippen LogP contribution is 2.61. The van der Waals surface area contributed by atoms with Gasteiger partial charge in [-0.3, -0.25) is 0 Å². The van der Waals surface area contributed by atoms with Gasteiger partial charge >= 0.3 is 0 Å². The Balaban J connectivity index is 1.29. The summed E-state index contributed by atoms with van der Waals surface area (Å²) in [5, 5.41) is 0. The molecule has 4 heterocycles. The van der Waals surface area contributed by atoms with Crippen LogP contribution in [0, 0.1) is 0 Å². The minimum absolute atomic E-state index is 0.0135. The van der Waals surface area contributed by atoms with Crippen molar-refractivity contribution in [3.63, 3.8) is 0 Å². The molecule has 0 bridgehead atoms. The monoisotopic (exact) mass is 609 g/mol. The largest absolute Gasteiger partial charge is 0.476 e. The molecule has 1 aromatic heterocycles. The first-order valence-electron chi connectivity index (χ1n) is 17.0. The second kappa shape index (κ2) is 9.68. The Morgan fingerprint density at radius 2 is 1.17 bits per heavy atom. The van der Waals surface area contributed by atoms with E-state index in [2.05, 4.69) is 156 Å². The van der Waals surface area contributed by atoms with Crippen LogP contribution in [0.25, 0.3) is 0 Å². The van der Waals surface area contributed by atoms with E-state index in [0.717, 1.165) is 22.7 Å². The summed E-state index contributed by atoms with van der Waals surface area (Å²) in [5.74, 6) is 0. The Morgan fingerprint density at radius 3 is 1.83 bits per heavy atom. The molecule has 2 unspecified atom stereocenters. The van der Waals surface area contributed by atoms with Crippen LogP contribution in [0.2, 0.25) is 0 Å². The lowest BCUT2D eigenvalue weighted by molar-refractivity contribution is 0.195. The number of hydrogen-bond acceptors (Lipinski definition) is 4. The smallest absolute Gasteiger partial charge is 0.297 e. The molecular weight excluding hydrogens is 573 g/mol. The number of hydrogen-bond donors (Lipinski definition) is 0. The molecule has 3 aliphatic heterocycles. The van der Waals surface area contributed by atoms with E-state index in [1.807, 2.05) is 6.26 Å². The number of rotatable bonds is 3. The Hall–Kier alpha value is -5.16. The van der Waals surface area contributed by atoms with Gasteiger partial charge in [0, 0.05) is 45.2 Å². The van der Waals surface area contributed by atoms with E-state index in [1.165, 1.54) is 70.6 Å². The van der Waals surface area contributed by atoms with Crippen molar-refractivity contribution in [2.75, 3.05) is 14.7 Å². The Morgan fingerprint density at radius 1 is 0.574 bits per heavy atom. The molecule has 0 N–H and O–H groups in total. The summed E-state index contributed by atoms with van der Waals surface area (Å²) in [6, 6.07) is 46.7. The van der Waals surface area contributed by atoms with Crippen molar-refractivity contribution in [1.29, 1.82) is 0 Å². The van der Waals surface area contributed by atoms with Gasteiger partial charge in [0.1, 0.15) is 0 Å². The van der Waals surface area contributed by atoms with E-state index in [1.54, 1.807) is 0 Å². The van der Waals surface area contributed by atoms with Gasteiger partial charge in [0.05, 0.1) is 23.1 Å². The van der Waals surface area contributed by atoms with Crippen molar-refractivity contribution < 1.29 is 4.42 Å². The molecule has 4 nitrogen and oxygen atoms in total. The molecule has 0 radical (unpaired) electrons. The molecule has 228 valence electrons. The van der Waals surface area contributed by atoms with Gasteiger partial charge in [-0.25, -0.2) is 0 Å².